The van der Waals surface area contributed by atoms with E-state index in [0.29, 0.717) is 17.9 Å². The van der Waals surface area contributed by atoms with Gasteiger partial charge in [-0.05, 0) is 30.5 Å². The summed E-state index contributed by atoms with van der Waals surface area (Å²) in [6, 6.07) is 5.33. The molecule has 3 N–H and O–H groups in total. The molecule has 21 heavy (non-hydrogen) atoms. The maximum Gasteiger partial charge on any atom is 0.241 e. The fourth-order valence-electron chi connectivity index (χ4n) is 1.99. The Morgan fingerprint density at radius 2 is 2.14 bits per heavy atom. The average Bonchev–Trinajstić information content (AvgIpc) is 2.90. The van der Waals surface area contributed by atoms with Gasteiger partial charge in [0.05, 0.1) is 11.4 Å². The van der Waals surface area contributed by atoms with Crippen LogP contribution >= 0.6 is 11.3 Å². The van der Waals surface area contributed by atoms with E-state index in [1.807, 2.05) is 26.0 Å². The van der Waals surface area contributed by atoms with E-state index in [-0.39, 0.29) is 6.54 Å². The molecule has 0 spiro atoms. The highest BCUT2D eigenvalue weighted by molar-refractivity contribution is 7.89. The van der Waals surface area contributed by atoms with Crippen molar-refractivity contribution in [3.05, 3.63) is 45.4 Å². The quantitative estimate of drug-likeness (QED) is 0.850. The lowest BCUT2D eigenvalue weighted by molar-refractivity contribution is 0.580. The molecule has 0 aliphatic rings. The highest BCUT2D eigenvalue weighted by Gasteiger charge is 2.18. The van der Waals surface area contributed by atoms with Crippen molar-refractivity contribution in [2.45, 2.75) is 38.3 Å². The molecule has 0 radical (unpaired) electrons. The van der Waals surface area contributed by atoms with E-state index in [0.717, 1.165) is 21.0 Å². The van der Waals surface area contributed by atoms with Crippen molar-refractivity contribution in [2.75, 3.05) is 0 Å². The largest absolute Gasteiger partial charge is 0.326 e. The SMILES string of the molecule is CCc1ccc(CN)cc1S(=O)(=O)NCc1ncc(C)s1. The molecular formula is C14H19N3O2S2. The molecule has 2 rings (SSSR count). The maximum absolute atomic E-state index is 12.5. The summed E-state index contributed by atoms with van der Waals surface area (Å²) < 4.78 is 27.6. The van der Waals surface area contributed by atoms with Crippen molar-refractivity contribution in [1.82, 2.24) is 9.71 Å². The van der Waals surface area contributed by atoms with E-state index in [1.54, 1.807) is 12.3 Å². The fourth-order valence-corrected chi connectivity index (χ4v) is 4.15. The summed E-state index contributed by atoms with van der Waals surface area (Å²) in [6.45, 7) is 4.39. The van der Waals surface area contributed by atoms with E-state index in [9.17, 15) is 8.42 Å². The van der Waals surface area contributed by atoms with Crippen LogP contribution in [0.1, 0.15) is 27.9 Å². The maximum atomic E-state index is 12.5. The van der Waals surface area contributed by atoms with E-state index < -0.39 is 10.0 Å². The Morgan fingerprint density at radius 3 is 2.71 bits per heavy atom. The Hall–Kier alpha value is -1.28. The van der Waals surface area contributed by atoms with Crippen molar-refractivity contribution in [1.29, 1.82) is 0 Å². The molecule has 0 atom stereocenters. The smallest absolute Gasteiger partial charge is 0.241 e. The summed E-state index contributed by atoms with van der Waals surface area (Å²) in [7, 11) is -3.56. The summed E-state index contributed by atoms with van der Waals surface area (Å²) in [4.78, 5) is 5.53. The van der Waals surface area contributed by atoms with Crippen molar-refractivity contribution in [3.63, 3.8) is 0 Å². The van der Waals surface area contributed by atoms with E-state index >= 15 is 0 Å². The second-order valence-electron chi connectivity index (χ2n) is 4.69. The number of hydrogen-bond acceptors (Lipinski definition) is 5. The van der Waals surface area contributed by atoms with Crippen molar-refractivity contribution < 1.29 is 8.42 Å². The standard InChI is InChI=1S/C14H19N3O2S2/c1-3-12-5-4-11(7-15)6-13(12)21(18,19)17-9-14-16-8-10(2)20-14/h4-6,8,17H,3,7,9,15H2,1-2H3. The summed E-state index contributed by atoms with van der Waals surface area (Å²) in [5.74, 6) is 0. The molecule has 0 fully saturated rings. The van der Waals surface area contributed by atoms with Crippen LogP contribution in [0.25, 0.3) is 0 Å². The molecule has 0 saturated carbocycles. The van der Waals surface area contributed by atoms with Gasteiger partial charge in [-0.25, -0.2) is 18.1 Å². The van der Waals surface area contributed by atoms with Crippen molar-refractivity contribution in [2.24, 2.45) is 5.73 Å². The Kier molecular flexibility index (Phi) is 5.10. The lowest BCUT2D eigenvalue weighted by Gasteiger charge is -2.11. The predicted molar refractivity (Wildman–Crippen MR) is 84.6 cm³/mol. The van der Waals surface area contributed by atoms with Gasteiger partial charge in [0, 0.05) is 17.6 Å². The number of nitrogens with zero attached hydrogens (tertiary/aromatic N) is 1. The number of thiazole rings is 1. The van der Waals surface area contributed by atoms with Crippen LogP contribution in [0, 0.1) is 6.92 Å². The Bertz CT molecular complexity index is 724. The Labute approximate surface area is 129 Å². The number of rotatable bonds is 6. The zero-order valence-electron chi connectivity index (χ0n) is 12.1. The number of hydrogen-bond donors (Lipinski definition) is 2. The van der Waals surface area contributed by atoms with E-state index in [2.05, 4.69) is 9.71 Å². The number of sulfonamides is 1. The van der Waals surface area contributed by atoms with Crippen LogP contribution in [-0.4, -0.2) is 13.4 Å². The van der Waals surface area contributed by atoms with Crippen LogP contribution < -0.4 is 10.5 Å². The van der Waals surface area contributed by atoms with Gasteiger partial charge in [-0.3, -0.25) is 0 Å². The van der Waals surface area contributed by atoms with Gasteiger partial charge in [0.15, 0.2) is 0 Å². The molecule has 114 valence electrons. The summed E-state index contributed by atoms with van der Waals surface area (Å²) in [6.07, 6.45) is 2.39. The second-order valence-corrected chi connectivity index (χ2v) is 7.74. The normalized spacial score (nSPS) is 11.8. The minimum atomic E-state index is -3.56. The summed E-state index contributed by atoms with van der Waals surface area (Å²) >= 11 is 1.48. The number of aromatic nitrogens is 1. The van der Waals surface area contributed by atoms with Crippen LogP contribution in [0.3, 0.4) is 0 Å². The first-order chi connectivity index (χ1) is 9.96. The molecule has 0 aliphatic heterocycles. The topological polar surface area (TPSA) is 85.1 Å². The second kappa shape index (κ2) is 6.65. The molecule has 1 aromatic heterocycles. The lowest BCUT2D eigenvalue weighted by atomic mass is 10.1. The third-order valence-corrected chi connectivity index (χ3v) is 5.52. The summed E-state index contributed by atoms with van der Waals surface area (Å²) in [5, 5.41) is 0.754. The lowest BCUT2D eigenvalue weighted by Crippen LogP contribution is -2.24. The number of nitrogens with two attached hydrogens (primary N) is 1. The zero-order valence-corrected chi connectivity index (χ0v) is 13.7. The number of aryl methyl sites for hydroxylation is 2. The minimum Gasteiger partial charge on any atom is -0.326 e. The van der Waals surface area contributed by atoms with Crippen LogP contribution in [0.2, 0.25) is 0 Å². The van der Waals surface area contributed by atoms with Gasteiger partial charge < -0.3 is 5.73 Å². The van der Waals surface area contributed by atoms with Gasteiger partial charge >= 0.3 is 0 Å². The zero-order chi connectivity index (χ0) is 15.5. The van der Waals surface area contributed by atoms with E-state index in [4.69, 9.17) is 5.73 Å². The molecule has 0 amide bonds. The first kappa shape index (κ1) is 16.1. The van der Waals surface area contributed by atoms with Crippen LogP contribution in [0.5, 0.6) is 0 Å². The molecule has 5 nitrogen and oxygen atoms in total. The minimum absolute atomic E-state index is 0.205. The van der Waals surface area contributed by atoms with E-state index in [1.165, 1.54) is 11.3 Å². The first-order valence-electron chi connectivity index (χ1n) is 6.69. The molecule has 1 heterocycles. The molecule has 1 aromatic carbocycles. The van der Waals surface area contributed by atoms with Gasteiger partial charge in [-0.15, -0.1) is 11.3 Å². The highest BCUT2D eigenvalue weighted by Crippen LogP contribution is 2.19. The van der Waals surface area contributed by atoms with Crippen LogP contribution in [-0.2, 0) is 29.5 Å². The predicted octanol–water partition coefficient (Wildman–Crippen LogP) is 1.95. The van der Waals surface area contributed by atoms with Gasteiger partial charge in [0.25, 0.3) is 0 Å². The van der Waals surface area contributed by atoms with Gasteiger partial charge in [-0.2, -0.15) is 0 Å². The molecule has 2 aromatic rings. The summed E-state index contributed by atoms with van der Waals surface area (Å²) in [5.41, 5.74) is 7.19. The van der Waals surface area contributed by atoms with Crippen LogP contribution in [0.15, 0.2) is 29.3 Å². The van der Waals surface area contributed by atoms with Gasteiger partial charge in [-0.1, -0.05) is 19.1 Å². The first-order valence-corrected chi connectivity index (χ1v) is 8.99. The third kappa shape index (κ3) is 3.88. The highest BCUT2D eigenvalue weighted by atomic mass is 32.2. The Morgan fingerprint density at radius 1 is 1.38 bits per heavy atom. The molecule has 7 heteroatoms. The molecular weight excluding hydrogens is 306 g/mol. The molecule has 0 saturated heterocycles. The molecule has 0 unspecified atom stereocenters. The average molecular weight is 325 g/mol. The van der Waals surface area contributed by atoms with Crippen LogP contribution in [0.4, 0.5) is 0 Å². The monoisotopic (exact) mass is 325 g/mol. The third-order valence-electron chi connectivity index (χ3n) is 3.12. The molecule has 0 aliphatic carbocycles. The molecule has 0 bridgehead atoms. The van der Waals surface area contributed by atoms with Crippen molar-refractivity contribution in [3.8, 4) is 0 Å². The van der Waals surface area contributed by atoms with Crippen molar-refractivity contribution >= 4 is 21.4 Å². The number of nitrogens with one attached hydrogen (secondary N) is 1. The van der Waals surface area contributed by atoms with Gasteiger partial charge in [0.2, 0.25) is 10.0 Å². The van der Waals surface area contributed by atoms with Gasteiger partial charge in [0.1, 0.15) is 5.01 Å². The number of benzene rings is 1. The Balaban J connectivity index is 2.26. The fraction of sp³-hybridized carbons (Fsp3) is 0.357.